The maximum atomic E-state index is 14.1. The summed E-state index contributed by atoms with van der Waals surface area (Å²) >= 11 is 4.64. The number of carbonyl (C=O) groups is 1. The van der Waals surface area contributed by atoms with E-state index in [0.717, 1.165) is 4.47 Å². The number of hydrogen-bond acceptors (Lipinski definition) is 3. The first-order valence-electron chi connectivity index (χ1n) is 6.47. The van der Waals surface area contributed by atoms with Crippen molar-refractivity contribution in [3.05, 3.63) is 44.8 Å². The number of rotatable bonds is 4. The number of nitrogens with one attached hydrogen (secondary N) is 1. The van der Waals surface area contributed by atoms with Crippen molar-refractivity contribution in [2.75, 3.05) is 17.3 Å². The lowest BCUT2D eigenvalue weighted by atomic mass is 10.2. The first-order chi connectivity index (χ1) is 9.90. The van der Waals surface area contributed by atoms with E-state index in [1.165, 1.54) is 17.4 Å². The minimum atomic E-state index is -0.353. The first-order valence-corrected chi connectivity index (χ1v) is 8.14. The Balaban J connectivity index is 2.18. The van der Waals surface area contributed by atoms with E-state index in [2.05, 4.69) is 21.2 Å². The second-order valence-electron chi connectivity index (χ2n) is 4.92. The number of thiophene rings is 1. The predicted molar refractivity (Wildman–Crippen MR) is 89.9 cm³/mol. The van der Waals surface area contributed by atoms with Gasteiger partial charge < -0.3 is 10.2 Å². The fourth-order valence-corrected chi connectivity index (χ4v) is 3.24. The summed E-state index contributed by atoms with van der Waals surface area (Å²) in [5, 5.41) is 4.52. The van der Waals surface area contributed by atoms with Crippen LogP contribution in [0.5, 0.6) is 0 Å². The third-order valence-electron chi connectivity index (χ3n) is 3.18. The van der Waals surface area contributed by atoms with Gasteiger partial charge in [0.2, 0.25) is 0 Å². The summed E-state index contributed by atoms with van der Waals surface area (Å²) in [5.41, 5.74) is 0.957. The summed E-state index contributed by atoms with van der Waals surface area (Å²) in [6.07, 6.45) is 0. The van der Waals surface area contributed by atoms with E-state index in [4.69, 9.17) is 0 Å². The molecule has 0 saturated heterocycles. The maximum absolute atomic E-state index is 14.1. The zero-order valence-corrected chi connectivity index (χ0v) is 14.4. The van der Waals surface area contributed by atoms with Crippen LogP contribution in [-0.2, 0) is 0 Å². The topological polar surface area (TPSA) is 32.3 Å². The van der Waals surface area contributed by atoms with E-state index in [1.54, 1.807) is 18.2 Å². The molecule has 0 aliphatic carbocycles. The highest BCUT2D eigenvalue weighted by atomic mass is 79.9. The van der Waals surface area contributed by atoms with Gasteiger partial charge in [0.05, 0.1) is 5.69 Å². The largest absolute Gasteiger partial charge is 0.370 e. The van der Waals surface area contributed by atoms with Gasteiger partial charge in [-0.25, -0.2) is 4.39 Å². The molecule has 112 valence electrons. The predicted octanol–water partition coefficient (Wildman–Crippen LogP) is 4.75. The summed E-state index contributed by atoms with van der Waals surface area (Å²) in [5.74, 6) is -0.601. The van der Waals surface area contributed by atoms with Crippen LogP contribution in [0.25, 0.3) is 0 Å². The molecule has 1 amide bonds. The van der Waals surface area contributed by atoms with Crippen LogP contribution in [0.4, 0.5) is 15.8 Å². The van der Waals surface area contributed by atoms with E-state index in [0.29, 0.717) is 16.3 Å². The molecule has 1 heterocycles. The lowest BCUT2D eigenvalue weighted by molar-refractivity contribution is 0.103. The van der Waals surface area contributed by atoms with Crippen molar-refractivity contribution < 1.29 is 9.18 Å². The highest BCUT2D eigenvalue weighted by Gasteiger charge is 2.14. The average molecular weight is 371 g/mol. The van der Waals surface area contributed by atoms with Crippen molar-refractivity contribution in [2.24, 2.45) is 0 Å². The fourth-order valence-electron chi connectivity index (χ4n) is 1.79. The fraction of sp³-hybridized carbons (Fsp3) is 0.267. The van der Waals surface area contributed by atoms with Crippen LogP contribution in [-0.4, -0.2) is 19.0 Å². The normalized spacial score (nSPS) is 10.8. The van der Waals surface area contributed by atoms with Gasteiger partial charge in [0, 0.05) is 23.2 Å². The van der Waals surface area contributed by atoms with E-state index >= 15 is 0 Å². The Labute approximate surface area is 135 Å². The second kappa shape index (κ2) is 6.58. The smallest absolute Gasteiger partial charge is 0.266 e. The molecular weight excluding hydrogens is 355 g/mol. The van der Waals surface area contributed by atoms with Crippen molar-refractivity contribution in [2.45, 2.75) is 19.9 Å². The number of nitrogens with zero attached hydrogens (tertiary/aromatic N) is 1. The Morgan fingerprint density at radius 3 is 2.62 bits per heavy atom. The molecule has 0 bridgehead atoms. The molecule has 2 aromatic rings. The van der Waals surface area contributed by atoms with Crippen LogP contribution in [0.1, 0.15) is 23.5 Å². The standard InChI is InChI=1S/C15H16BrFN2OS/c1-9(2)19(3)13-5-4-10(8-12(13)17)18-15(20)14-11(16)6-7-21-14/h4-9H,1-3H3,(H,18,20). The average Bonchev–Trinajstić information content (AvgIpc) is 2.84. The zero-order valence-electron chi connectivity index (χ0n) is 12.0. The molecule has 21 heavy (non-hydrogen) atoms. The number of carbonyl (C=O) groups excluding carboxylic acids is 1. The lowest BCUT2D eigenvalue weighted by Crippen LogP contribution is -2.26. The van der Waals surface area contributed by atoms with Crippen molar-refractivity contribution in [3.63, 3.8) is 0 Å². The van der Waals surface area contributed by atoms with Crippen LogP contribution in [0.3, 0.4) is 0 Å². The Kier molecular flexibility index (Phi) is 5.00. The summed E-state index contributed by atoms with van der Waals surface area (Å²) in [4.78, 5) is 14.5. The Morgan fingerprint density at radius 1 is 1.38 bits per heavy atom. The molecule has 1 aromatic heterocycles. The number of halogens is 2. The van der Waals surface area contributed by atoms with Crippen LogP contribution in [0.2, 0.25) is 0 Å². The number of amides is 1. The van der Waals surface area contributed by atoms with Crippen LogP contribution in [0, 0.1) is 5.82 Å². The monoisotopic (exact) mass is 370 g/mol. The van der Waals surface area contributed by atoms with Gasteiger partial charge in [-0.3, -0.25) is 4.79 Å². The van der Waals surface area contributed by atoms with Gasteiger partial charge in [0.25, 0.3) is 5.91 Å². The maximum Gasteiger partial charge on any atom is 0.266 e. The molecule has 0 fully saturated rings. The van der Waals surface area contributed by atoms with Crippen molar-refractivity contribution in [1.82, 2.24) is 0 Å². The number of hydrogen-bond donors (Lipinski definition) is 1. The highest BCUT2D eigenvalue weighted by molar-refractivity contribution is 9.10. The van der Waals surface area contributed by atoms with Gasteiger partial charge in [0.15, 0.2) is 0 Å². The highest BCUT2D eigenvalue weighted by Crippen LogP contribution is 2.26. The van der Waals surface area contributed by atoms with Crippen LogP contribution < -0.4 is 10.2 Å². The molecule has 0 unspecified atom stereocenters. The SMILES string of the molecule is CC(C)N(C)c1ccc(NC(=O)c2sccc2Br)cc1F. The molecule has 3 nitrogen and oxygen atoms in total. The molecule has 0 aliphatic heterocycles. The molecule has 0 saturated carbocycles. The summed E-state index contributed by atoms with van der Waals surface area (Å²) in [7, 11) is 1.84. The Bertz CT molecular complexity index is 657. The van der Waals surface area contributed by atoms with Gasteiger partial charge in [-0.15, -0.1) is 11.3 Å². The second-order valence-corrected chi connectivity index (χ2v) is 6.69. The molecule has 1 aromatic carbocycles. The van der Waals surface area contributed by atoms with Gasteiger partial charge in [-0.2, -0.15) is 0 Å². The summed E-state index contributed by atoms with van der Waals surface area (Å²) in [6, 6.07) is 6.72. The first kappa shape index (κ1) is 16.0. The minimum absolute atomic E-state index is 0.196. The van der Waals surface area contributed by atoms with Crippen LogP contribution in [0.15, 0.2) is 34.1 Å². The minimum Gasteiger partial charge on any atom is -0.370 e. The molecule has 2 rings (SSSR count). The summed E-state index contributed by atoms with van der Waals surface area (Å²) < 4.78 is 14.9. The van der Waals surface area contributed by atoms with E-state index in [9.17, 15) is 9.18 Å². The quantitative estimate of drug-likeness (QED) is 0.842. The third kappa shape index (κ3) is 3.63. The number of anilines is 2. The Hall–Kier alpha value is -1.40. The van der Waals surface area contributed by atoms with Crippen molar-refractivity contribution in [1.29, 1.82) is 0 Å². The van der Waals surface area contributed by atoms with Crippen molar-refractivity contribution >= 4 is 44.5 Å². The third-order valence-corrected chi connectivity index (χ3v) is 5.02. The molecular formula is C15H16BrFN2OS. The van der Waals surface area contributed by atoms with Gasteiger partial charge in [0.1, 0.15) is 10.7 Å². The number of benzene rings is 1. The van der Waals surface area contributed by atoms with E-state index in [-0.39, 0.29) is 17.8 Å². The van der Waals surface area contributed by atoms with E-state index in [1.807, 2.05) is 31.2 Å². The van der Waals surface area contributed by atoms with Gasteiger partial charge in [-0.05, 0) is 59.4 Å². The van der Waals surface area contributed by atoms with Crippen molar-refractivity contribution in [3.8, 4) is 0 Å². The Morgan fingerprint density at radius 2 is 2.10 bits per heavy atom. The molecule has 0 atom stereocenters. The molecule has 0 spiro atoms. The molecule has 0 radical (unpaired) electrons. The molecule has 0 aliphatic rings. The lowest BCUT2D eigenvalue weighted by Gasteiger charge is -2.24. The van der Waals surface area contributed by atoms with E-state index < -0.39 is 0 Å². The van der Waals surface area contributed by atoms with Crippen LogP contribution >= 0.6 is 27.3 Å². The zero-order chi connectivity index (χ0) is 15.6. The van der Waals surface area contributed by atoms with Gasteiger partial charge >= 0.3 is 0 Å². The molecule has 6 heteroatoms. The van der Waals surface area contributed by atoms with Gasteiger partial charge in [-0.1, -0.05) is 0 Å². The molecule has 1 N–H and O–H groups in total. The summed E-state index contributed by atoms with van der Waals surface area (Å²) in [6.45, 7) is 3.98.